The Labute approximate surface area is 98.7 Å². The van der Waals surface area contributed by atoms with Crippen LogP contribution in [-0.2, 0) is 0 Å². The minimum Gasteiger partial charge on any atom is -0.207 e. The molecule has 0 nitrogen and oxygen atoms in total. The van der Waals surface area contributed by atoms with Gasteiger partial charge in [0, 0.05) is 14.9 Å². The van der Waals surface area contributed by atoms with Crippen molar-refractivity contribution in [2.24, 2.45) is 0 Å². The molecular weight excluding hydrogens is 322 g/mol. The van der Waals surface area contributed by atoms with Crippen LogP contribution in [0.25, 0.3) is 0 Å². The van der Waals surface area contributed by atoms with Gasteiger partial charge in [0.1, 0.15) is 5.82 Å². The van der Waals surface area contributed by atoms with Gasteiger partial charge in [-0.1, -0.05) is 34.5 Å². The highest BCUT2D eigenvalue weighted by Crippen LogP contribution is 2.33. The zero-order valence-electron chi connectivity index (χ0n) is 6.95. The molecule has 0 amide bonds. The Balaban J connectivity index is 3.15. The van der Waals surface area contributed by atoms with Gasteiger partial charge in [-0.05, 0) is 34.5 Å². The van der Waals surface area contributed by atoms with Crippen LogP contribution >= 0.6 is 43.5 Å². The van der Waals surface area contributed by atoms with E-state index in [2.05, 4.69) is 31.9 Å². The van der Waals surface area contributed by atoms with Gasteiger partial charge < -0.3 is 0 Å². The summed E-state index contributed by atoms with van der Waals surface area (Å²) < 4.78 is 13.9. The Morgan fingerprint density at radius 3 is 2.69 bits per heavy atom. The van der Waals surface area contributed by atoms with Crippen LogP contribution in [0, 0.1) is 5.82 Å². The lowest BCUT2D eigenvalue weighted by Crippen LogP contribution is -1.93. The van der Waals surface area contributed by atoms with Gasteiger partial charge in [0.25, 0.3) is 0 Å². The van der Waals surface area contributed by atoms with Crippen molar-refractivity contribution in [2.45, 2.75) is 18.2 Å². The molecule has 0 aromatic heterocycles. The third-order valence-electron chi connectivity index (χ3n) is 1.74. The van der Waals surface area contributed by atoms with Crippen LogP contribution < -0.4 is 0 Å². The van der Waals surface area contributed by atoms with E-state index in [0.29, 0.717) is 15.1 Å². The maximum atomic E-state index is 13.3. The predicted octanol–water partition coefficient (Wildman–Crippen LogP) is 5.09. The van der Waals surface area contributed by atoms with Gasteiger partial charge in [-0.2, -0.15) is 0 Å². The SMILES string of the molecule is CCC(Br)c1cc(Cl)c(Br)cc1F. The maximum absolute atomic E-state index is 13.3. The Kier molecular flexibility index (Phi) is 4.20. The number of alkyl halides is 1. The van der Waals surface area contributed by atoms with Crippen LogP contribution in [0.5, 0.6) is 0 Å². The van der Waals surface area contributed by atoms with Crippen LogP contribution in [0.4, 0.5) is 4.39 Å². The Morgan fingerprint density at radius 2 is 2.15 bits per heavy atom. The molecule has 0 aliphatic heterocycles. The standard InChI is InChI=1S/C9H8Br2ClF/c1-2-6(10)5-3-8(12)7(11)4-9(5)13/h3-4,6H,2H2,1H3. The zero-order valence-corrected chi connectivity index (χ0v) is 10.9. The summed E-state index contributed by atoms with van der Waals surface area (Å²) >= 11 is 12.4. The fourth-order valence-electron chi connectivity index (χ4n) is 0.998. The molecule has 0 saturated carbocycles. The summed E-state index contributed by atoms with van der Waals surface area (Å²) in [7, 11) is 0. The molecule has 4 heteroatoms. The molecule has 0 heterocycles. The molecule has 0 aliphatic rings. The lowest BCUT2D eigenvalue weighted by atomic mass is 10.1. The summed E-state index contributed by atoms with van der Waals surface area (Å²) in [5.41, 5.74) is 0.607. The largest absolute Gasteiger partial charge is 0.207 e. The highest BCUT2D eigenvalue weighted by molar-refractivity contribution is 9.10. The Bertz CT molecular complexity index is 315. The number of halogens is 4. The summed E-state index contributed by atoms with van der Waals surface area (Å²) in [5.74, 6) is -0.236. The first-order valence-electron chi connectivity index (χ1n) is 3.84. The number of benzene rings is 1. The quantitative estimate of drug-likeness (QED) is 0.523. The molecule has 0 aliphatic carbocycles. The minimum absolute atomic E-state index is 0.0260. The van der Waals surface area contributed by atoms with Crippen molar-refractivity contribution in [3.8, 4) is 0 Å². The Morgan fingerprint density at radius 1 is 1.54 bits per heavy atom. The van der Waals surface area contributed by atoms with E-state index in [1.807, 2.05) is 6.92 Å². The summed E-state index contributed by atoms with van der Waals surface area (Å²) in [6, 6.07) is 3.03. The first kappa shape index (κ1) is 11.5. The molecule has 72 valence electrons. The second-order valence-corrected chi connectivity index (χ2v) is 5.03. The van der Waals surface area contributed by atoms with Crippen molar-refractivity contribution >= 4 is 43.5 Å². The monoisotopic (exact) mass is 328 g/mol. The summed E-state index contributed by atoms with van der Waals surface area (Å²) in [5, 5.41) is 0.536. The number of hydrogen-bond acceptors (Lipinski definition) is 0. The molecule has 0 fully saturated rings. The third-order valence-corrected chi connectivity index (χ3v) is 4.07. The molecule has 1 atom stereocenters. The third kappa shape index (κ3) is 2.67. The molecule has 1 rings (SSSR count). The van der Waals surface area contributed by atoms with Crippen LogP contribution in [0.1, 0.15) is 23.7 Å². The van der Waals surface area contributed by atoms with Crippen LogP contribution in [0.15, 0.2) is 16.6 Å². The van der Waals surface area contributed by atoms with Gasteiger partial charge in [-0.25, -0.2) is 4.39 Å². The first-order chi connectivity index (χ1) is 6.06. The van der Waals surface area contributed by atoms with Gasteiger partial charge in [-0.3, -0.25) is 0 Å². The van der Waals surface area contributed by atoms with E-state index >= 15 is 0 Å². The molecule has 0 N–H and O–H groups in total. The van der Waals surface area contributed by atoms with Crippen molar-refractivity contribution in [3.05, 3.63) is 33.0 Å². The van der Waals surface area contributed by atoms with E-state index in [1.54, 1.807) is 6.07 Å². The summed E-state index contributed by atoms with van der Waals surface area (Å²) in [4.78, 5) is 0.0260. The topological polar surface area (TPSA) is 0 Å². The molecule has 0 saturated heterocycles. The second-order valence-electron chi connectivity index (χ2n) is 2.66. The van der Waals surface area contributed by atoms with Crippen molar-refractivity contribution < 1.29 is 4.39 Å². The van der Waals surface area contributed by atoms with Crippen LogP contribution in [0.3, 0.4) is 0 Å². The Hall–Kier alpha value is 0.400. The summed E-state index contributed by atoms with van der Waals surface area (Å²) in [6.45, 7) is 1.98. The molecule has 1 aromatic rings. The van der Waals surface area contributed by atoms with Crippen molar-refractivity contribution in [2.75, 3.05) is 0 Å². The zero-order chi connectivity index (χ0) is 10.0. The van der Waals surface area contributed by atoms with Gasteiger partial charge in [0.15, 0.2) is 0 Å². The van der Waals surface area contributed by atoms with Gasteiger partial charge >= 0.3 is 0 Å². The fourth-order valence-corrected chi connectivity index (χ4v) is 1.84. The molecule has 1 aromatic carbocycles. The average molecular weight is 330 g/mol. The van der Waals surface area contributed by atoms with Crippen LogP contribution in [0.2, 0.25) is 5.02 Å². The van der Waals surface area contributed by atoms with E-state index in [9.17, 15) is 4.39 Å². The number of hydrogen-bond donors (Lipinski definition) is 0. The second kappa shape index (κ2) is 4.76. The molecule has 0 bridgehead atoms. The summed E-state index contributed by atoms with van der Waals surface area (Å²) in [6.07, 6.45) is 0.828. The first-order valence-corrected chi connectivity index (χ1v) is 5.93. The smallest absolute Gasteiger partial charge is 0.128 e. The molecule has 1 unspecified atom stereocenters. The van der Waals surface area contributed by atoms with E-state index in [4.69, 9.17) is 11.6 Å². The maximum Gasteiger partial charge on any atom is 0.128 e. The van der Waals surface area contributed by atoms with Crippen LogP contribution in [-0.4, -0.2) is 0 Å². The lowest BCUT2D eigenvalue weighted by Gasteiger charge is -2.09. The van der Waals surface area contributed by atoms with Crippen molar-refractivity contribution in [3.63, 3.8) is 0 Å². The van der Waals surface area contributed by atoms with Gasteiger partial charge in [-0.15, -0.1) is 0 Å². The highest BCUT2D eigenvalue weighted by Gasteiger charge is 2.12. The fraction of sp³-hybridized carbons (Fsp3) is 0.333. The van der Waals surface area contributed by atoms with Crippen molar-refractivity contribution in [1.29, 1.82) is 0 Å². The van der Waals surface area contributed by atoms with E-state index in [0.717, 1.165) is 6.42 Å². The number of rotatable bonds is 2. The molecule has 0 spiro atoms. The molecule has 0 radical (unpaired) electrons. The molecule has 13 heavy (non-hydrogen) atoms. The van der Waals surface area contributed by atoms with Crippen molar-refractivity contribution in [1.82, 2.24) is 0 Å². The lowest BCUT2D eigenvalue weighted by molar-refractivity contribution is 0.606. The minimum atomic E-state index is -0.236. The van der Waals surface area contributed by atoms with E-state index < -0.39 is 0 Å². The predicted molar refractivity (Wildman–Crippen MR) is 61.1 cm³/mol. The highest BCUT2D eigenvalue weighted by atomic mass is 79.9. The average Bonchev–Trinajstić information content (AvgIpc) is 2.10. The molecular formula is C9H8Br2ClF. The van der Waals surface area contributed by atoms with Gasteiger partial charge in [0.05, 0.1) is 5.02 Å². The normalized spacial score (nSPS) is 13.0. The van der Waals surface area contributed by atoms with E-state index in [-0.39, 0.29) is 10.6 Å². The van der Waals surface area contributed by atoms with Gasteiger partial charge in [0.2, 0.25) is 0 Å². The van der Waals surface area contributed by atoms with E-state index in [1.165, 1.54) is 6.07 Å².